The van der Waals surface area contributed by atoms with Crippen LogP contribution in [-0.4, -0.2) is 6.54 Å². The Balaban J connectivity index is 2.96. The molecule has 0 radical (unpaired) electrons. The fourth-order valence-electron chi connectivity index (χ4n) is 2.86. The van der Waals surface area contributed by atoms with Crippen LogP contribution in [0.15, 0.2) is 12.1 Å². The van der Waals surface area contributed by atoms with Crippen LogP contribution in [0.4, 0.5) is 0 Å². The average Bonchev–Trinajstić information content (AvgIpc) is 2.85. The van der Waals surface area contributed by atoms with Gasteiger partial charge in [-0.3, -0.25) is 0 Å². The van der Waals surface area contributed by atoms with Crippen LogP contribution in [0.25, 0.3) is 0 Å². The molecule has 20 heavy (non-hydrogen) atoms. The zero-order valence-electron chi connectivity index (χ0n) is 14.3. The molecule has 0 aliphatic rings. The molecule has 2 heteroatoms. The minimum atomic E-state index is 0.269. The molecule has 1 aromatic rings. The van der Waals surface area contributed by atoms with Crippen molar-refractivity contribution in [3.05, 3.63) is 21.9 Å². The molecule has 0 bridgehead atoms. The van der Waals surface area contributed by atoms with E-state index in [1.807, 2.05) is 11.3 Å². The summed E-state index contributed by atoms with van der Waals surface area (Å²) in [5, 5.41) is 3.74. The lowest BCUT2D eigenvalue weighted by Gasteiger charge is -2.27. The van der Waals surface area contributed by atoms with E-state index >= 15 is 0 Å². The molecule has 0 amide bonds. The maximum atomic E-state index is 3.74. The molecular weight excluding hydrogens is 262 g/mol. The van der Waals surface area contributed by atoms with E-state index in [0.717, 1.165) is 12.5 Å². The first-order valence-electron chi connectivity index (χ1n) is 8.27. The van der Waals surface area contributed by atoms with Crippen molar-refractivity contribution in [1.82, 2.24) is 5.32 Å². The highest BCUT2D eigenvalue weighted by Crippen LogP contribution is 2.37. The zero-order chi connectivity index (χ0) is 15.2. The van der Waals surface area contributed by atoms with Gasteiger partial charge in [-0.25, -0.2) is 0 Å². The Kier molecular flexibility index (Phi) is 7.25. The molecule has 1 rings (SSSR count). The van der Waals surface area contributed by atoms with Gasteiger partial charge in [0.25, 0.3) is 0 Å². The summed E-state index contributed by atoms with van der Waals surface area (Å²) in [4.78, 5) is 3.03. The van der Waals surface area contributed by atoms with Crippen molar-refractivity contribution in [1.29, 1.82) is 0 Å². The van der Waals surface area contributed by atoms with Crippen LogP contribution in [0.3, 0.4) is 0 Å². The monoisotopic (exact) mass is 295 g/mol. The summed E-state index contributed by atoms with van der Waals surface area (Å²) in [7, 11) is 0. The van der Waals surface area contributed by atoms with E-state index in [9.17, 15) is 0 Å². The Morgan fingerprint density at radius 1 is 1.05 bits per heavy atom. The molecule has 1 heterocycles. The van der Waals surface area contributed by atoms with Crippen LogP contribution in [0.1, 0.15) is 83.0 Å². The summed E-state index contributed by atoms with van der Waals surface area (Å²) in [6.45, 7) is 14.8. The Morgan fingerprint density at radius 2 is 1.65 bits per heavy atom. The lowest BCUT2D eigenvalue weighted by molar-refractivity contribution is 0.324. The molecule has 116 valence electrons. The van der Waals surface area contributed by atoms with Gasteiger partial charge in [0.1, 0.15) is 0 Å². The smallest absolute Gasteiger partial charge is 0.0443 e. The van der Waals surface area contributed by atoms with Gasteiger partial charge in [-0.05, 0) is 42.9 Å². The second-order valence-corrected chi connectivity index (χ2v) is 7.94. The third-order valence-corrected chi connectivity index (χ3v) is 5.48. The second-order valence-electron chi connectivity index (χ2n) is 6.82. The highest BCUT2D eigenvalue weighted by molar-refractivity contribution is 7.12. The van der Waals surface area contributed by atoms with E-state index < -0.39 is 0 Å². The van der Waals surface area contributed by atoms with Crippen LogP contribution < -0.4 is 5.32 Å². The van der Waals surface area contributed by atoms with Gasteiger partial charge in [0, 0.05) is 15.8 Å². The van der Waals surface area contributed by atoms with Crippen molar-refractivity contribution < 1.29 is 0 Å². The summed E-state index contributed by atoms with van der Waals surface area (Å²) < 4.78 is 0. The predicted octanol–water partition coefficient (Wildman–Crippen LogP) is 5.91. The topological polar surface area (TPSA) is 12.0 Å². The van der Waals surface area contributed by atoms with Crippen molar-refractivity contribution in [2.24, 2.45) is 5.92 Å². The highest BCUT2D eigenvalue weighted by Gasteiger charge is 2.24. The molecule has 1 N–H and O–H groups in total. The Hall–Kier alpha value is -0.340. The van der Waals surface area contributed by atoms with E-state index in [1.165, 1.54) is 35.4 Å². The quantitative estimate of drug-likeness (QED) is 0.628. The summed E-state index contributed by atoms with van der Waals surface area (Å²) in [6, 6.07) is 5.23. The van der Waals surface area contributed by atoms with E-state index in [-0.39, 0.29) is 5.41 Å². The van der Waals surface area contributed by atoms with Gasteiger partial charge >= 0.3 is 0 Å². The Morgan fingerprint density at radius 3 is 2.05 bits per heavy atom. The van der Waals surface area contributed by atoms with E-state index in [1.54, 1.807) is 0 Å². The van der Waals surface area contributed by atoms with Crippen LogP contribution in [-0.2, 0) is 5.41 Å². The minimum absolute atomic E-state index is 0.269. The standard InChI is InChI=1S/C18H33NS/c1-7-10-14(11-8-2)17(19-9-3)15-12-13-16(20-15)18(4,5)6/h12-14,17,19H,7-11H2,1-6H3. The molecular formula is C18H33NS. The van der Waals surface area contributed by atoms with Crippen molar-refractivity contribution in [2.75, 3.05) is 6.54 Å². The van der Waals surface area contributed by atoms with Gasteiger partial charge in [0.2, 0.25) is 0 Å². The lowest BCUT2D eigenvalue weighted by atomic mass is 9.89. The molecule has 0 spiro atoms. The summed E-state index contributed by atoms with van der Waals surface area (Å²) in [5.74, 6) is 0.774. The molecule has 0 saturated carbocycles. The molecule has 1 aromatic heterocycles. The third-order valence-electron chi connectivity index (χ3n) is 3.89. The molecule has 1 atom stereocenters. The maximum absolute atomic E-state index is 3.74. The molecule has 0 saturated heterocycles. The number of thiophene rings is 1. The van der Waals surface area contributed by atoms with Gasteiger partial charge in [0.15, 0.2) is 0 Å². The zero-order valence-corrected chi connectivity index (χ0v) is 15.1. The van der Waals surface area contributed by atoms with E-state index in [2.05, 4.69) is 59.0 Å². The van der Waals surface area contributed by atoms with Crippen molar-refractivity contribution in [3.63, 3.8) is 0 Å². The lowest BCUT2D eigenvalue weighted by Crippen LogP contribution is -2.27. The van der Waals surface area contributed by atoms with Crippen LogP contribution in [0.5, 0.6) is 0 Å². The molecule has 0 aliphatic carbocycles. The van der Waals surface area contributed by atoms with Crippen molar-refractivity contribution in [2.45, 2.75) is 78.7 Å². The maximum Gasteiger partial charge on any atom is 0.0443 e. The van der Waals surface area contributed by atoms with Gasteiger partial charge in [-0.1, -0.05) is 54.4 Å². The summed E-state index contributed by atoms with van der Waals surface area (Å²) in [6.07, 6.45) is 5.22. The first-order chi connectivity index (χ1) is 9.43. The Labute approximate surface area is 130 Å². The molecule has 1 unspecified atom stereocenters. The number of hydrogen-bond donors (Lipinski definition) is 1. The number of nitrogens with one attached hydrogen (secondary N) is 1. The molecule has 1 nitrogen and oxygen atoms in total. The van der Waals surface area contributed by atoms with Gasteiger partial charge in [0.05, 0.1) is 0 Å². The first-order valence-corrected chi connectivity index (χ1v) is 9.09. The van der Waals surface area contributed by atoms with Gasteiger partial charge in [-0.2, -0.15) is 0 Å². The van der Waals surface area contributed by atoms with Crippen LogP contribution in [0, 0.1) is 5.92 Å². The van der Waals surface area contributed by atoms with Crippen molar-refractivity contribution in [3.8, 4) is 0 Å². The minimum Gasteiger partial charge on any atom is -0.309 e. The van der Waals surface area contributed by atoms with Gasteiger partial charge < -0.3 is 5.32 Å². The van der Waals surface area contributed by atoms with Crippen LogP contribution in [0.2, 0.25) is 0 Å². The fraction of sp³-hybridized carbons (Fsp3) is 0.778. The largest absolute Gasteiger partial charge is 0.309 e. The number of rotatable bonds is 8. The molecule has 0 aliphatic heterocycles. The summed E-state index contributed by atoms with van der Waals surface area (Å²) >= 11 is 2.01. The van der Waals surface area contributed by atoms with E-state index in [0.29, 0.717) is 6.04 Å². The van der Waals surface area contributed by atoms with Gasteiger partial charge in [-0.15, -0.1) is 11.3 Å². The second kappa shape index (κ2) is 8.19. The summed E-state index contributed by atoms with van der Waals surface area (Å²) in [5.41, 5.74) is 0.269. The molecule has 0 fully saturated rings. The highest BCUT2D eigenvalue weighted by atomic mass is 32.1. The normalized spacial score (nSPS) is 13.9. The van der Waals surface area contributed by atoms with Crippen LogP contribution >= 0.6 is 11.3 Å². The fourth-order valence-corrected chi connectivity index (χ4v) is 4.10. The molecule has 0 aromatic carbocycles. The SMILES string of the molecule is CCCC(CCC)C(NCC)c1ccc(C(C)(C)C)s1. The van der Waals surface area contributed by atoms with Crippen molar-refractivity contribution >= 4 is 11.3 Å². The third kappa shape index (κ3) is 4.89. The first kappa shape index (κ1) is 17.7. The number of hydrogen-bond acceptors (Lipinski definition) is 2. The Bertz CT molecular complexity index is 369. The average molecular weight is 296 g/mol. The van der Waals surface area contributed by atoms with E-state index in [4.69, 9.17) is 0 Å². The predicted molar refractivity (Wildman–Crippen MR) is 92.7 cm³/mol.